The lowest BCUT2D eigenvalue weighted by Gasteiger charge is -2.25. The number of halogens is 1. The third kappa shape index (κ3) is 2.22. The molecule has 1 aliphatic heterocycles. The molecule has 4 heteroatoms. The van der Waals surface area contributed by atoms with Crippen LogP contribution in [0.15, 0.2) is 18.2 Å². The van der Waals surface area contributed by atoms with Crippen molar-refractivity contribution in [1.82, 2.24) is 0 Å². The van der Waals surface area contributed by atoms with Crippen LogP contribution in [0.25, 0.3) is 0 Å². The molecule has 1 aromatic rings. The molecule has 0 fully saturated rings. The predicted molar refractivity (Wildman–Crippen MR) is 55.4 cm³/mol. The van der Waals surface area contributed by atoms with Crippen molar-refractivity contribution in [3.8, 4) is 0 Å². The lowest BCUT2D eigenvalue weighted by atomic mass is 9.96. The zero-order valence-electron chi connectivity index (χ0n) is 9.03. The Morgan fingerprint density at radius 1 is 1.62 bits per heavy atom. The van der Waals surface area contributed by atoms with Crippen LogP contribution in [0.1, 0.15) is 23.7 Å². The second-order valence-corrected chi connectivity index (χ2v) is 3.73. The summed E-state index contributed by atoms with van der Waals surface area (Å²) in [6, 6.07) is 4.57. The highest BCUT2D eigenvalue weighted by molar-refractivity contribution is 5.70. The fourth-order valence-corrected chi connectivity index (χ4v) is 1.91. The van der Waals surface area contributed by atoms with Gasteiger partial charge in [-0.25, -0.2) is 4.39 Å². The van der Waals surface area contributed by atoms with Crippen LogP contribution in [-0.4, -0.2) is 19.7 Å². The van der Waals surface area contributed by atoms with Crippen molar-refractivity contribution in [2.24, 2.45) is 0 Å². The second kappa shape index (κ2) is 4.61. The molecular weight excluding hydrogens is 211 g/mol. The highest BCUT2D eigenvalue weighted by Crippen LogP contribution is 2.30. The van der Waals surface area contributed by atoms with Gasteiger partial charge in [-0.05, 0) is 29.7 Å². The summed E-state index contributed by atoms with van der Waals surface area (Å²) in [6.45, 7) is 0.512. The van der Waals surface area contributed by atoms with Gasteiger partial charge < -0.3 is 9.47 Å². The highest BCUT2D eigenvalue weighted by Gasteiger charge is 2.23. The zero-order valence-corrected chi connectivity index (χ0v) is 9.03. The lowest BCUT2D eigenvalue weighted by Crippen LogP contribution is -2.19. The first-order valence-electron chi connectivity index (χ1n) is 5.17. The van der Waals surface area contributed by atoms with Crippen LogP contribution in [0.4, 0.5) is 4.39 Å². The number of fused-ring (bicyclic) bond motifs is 1. The predicted octanol–water partition coefficient (Wildman–Crippen LogP) is 2.00. The van der Waals surface area contributed by atoms with Crippen molar-refractivity contribution < 1.29 is 18.7 Å². The van der Waals surface area contributed by atoms with Gasteiger partial charge >= 0.3 is 5.97 Å². The van der Waals surface area contributed by atoms with E-state index in [4.69, 9.17) is 4.74 Å². The van der Waals surface area contributed by atoms with Gasteiger partial charge in [0.2, 0.25) is 0 Å². The van der Waals surface area contributed by atoms with Crippen LogP contribution in [0, 0.1) is 5.82 Å². The van der Waals surface area contributed by atoms with Gasteiger partial charge in [-0.3, -0.25) is 4.79 Å². The third-order valence-corrected chi connectivity index (χ3v) is 2.72. The van der Waals surface area contributed by atoms with E-state index in [0.717, 1.165) is 11.1 Å². The Kier molecular flexibility index (Phi) is 3.19. The largest absolute Gasteiger partial charge is 0.469 e. The molecule has 16 heavy (non-hydrogen) atoms. The number of carbonyl (C=O) groups is 1. The molecule has 1 aromatic carbocycles. The smallest absolute Gasteiger partial charge is 0.308 e. The topological polar surface area (TPSA) is 35.5 Å². The fraction of sp³-hybridized carbons (Fsp3) is 0.417. The van der Waals surface area contributed by atoms with Crippen molar-refractivity contribution in [2.75, 3.05) is 13.7 Å². The van der Waals surface area contributed by atoms with E-state index in [1.54, 1.807) is 6.07 Å². The van der Waals surface area contributed by atoms with E-state index in [2.05, 4.69) is 4.74 Å². The molecule has 0 unspecified atom stereocenters. The van der Waals surface area contributed by atoms with E-state index in [9.17, 15) is 9.18 Å². The average molecular weight is 224 g/mol. The summed E-state index contributed by atoms with van der Waals surface area (Å²) in [7, 11) is 1.34. The number of hydrogen-bond donors (Lipinski definition) is 0. The summed E-state index contributed by atoms with van der Waals surface area (Å²) < 4.78 is 23.1. The van der Waals surface area contributed by atoms with E-state index in [-0.39, 0.29) is 24.3 Å². The Hall–Kier alpha value is -1.42. The molecule has 0 amide bonds. The van der Waals surface area contributed by atoms with Crippen molar-refractivity contribution in [2.45, 2.75) is 18.9 Å². The fourth-order valence-electron chi connectivity index (χ4n) is 1.91. The summed E-state index contributed by atoms with van der Waals surface area (Å²) >= 11 is 0. The van der Waals surface area contributed by atoms with E-state index in [0.29, 0.717) is 13.0 Å². The van der Waals surface area contributed by atoms with Crippen LogP contribution in [0.3, 0.4) is 0 Å². The summed E-state index contributed by atoms with van der Waals surface area (Å²) in [5.74, 6) is -0.570. The van der Waals surface area contributed by atoms with E-state index < -0.39 is 0 Å². The van der Waals surface area contributed by atoms with Crippen molar-refractivity contribution in [3.63, 3.8) is 0 Å². The first-order valence-corrected chi connectivity index (χ1v) is 5.17. The standard InChI is InChI=1S/C12H13FO3/c1-15-12(14)7-11-10-3-2-9(13)6-8(10)4-5-16-11/h2-3,6,11H,4-5,7H2,1H3/t11-/m0/s1. The SMILES string of the molecule is COC(=O)C[C@@H]1OCCc2cc(F)ccc21. The molecule has 1 aliphatic rings. The maximum absolute atomic E-state index is 13.0. The summed E-state index contributed by atoms with van der Waals surface area (Å²) in [5, 5.41) is 0. The molecule has 0 spiro atoms. The van der Waals surface area contributed by atoms with Crippen LogP contribution in [0.2, 0.25) is 0 Å². The number of rotatable bonds is 2. The molecule has 86 valence electrons. The van der Waals surface area contributed by atoms with E-state index in [1.807, 2.05) is 0 Å². The molecule has 0 radical (unpaired) electrons. The molecule has 0 bridgehead atoms. The Morgan fingerprint density at radius 3 is 3.19 bits per heavy atom. The van der Waals surface area contributed by atoms with Crippen LogP contribution in [-0.2, 0) is 20.7 Å². The molecule has 2 rings (SSSR count). The third-order valence-electron chi connectivity index (χ3n) is 2.72. The van der Waals surface area contributed by atoms with Gasteiger partial charge in [0.1, 0.15) is 5.82 Å². The lowest BCUT2D eigenvalue weighted by molar-refractivity contribution is -0.144. The molecule has 0 N–H and O–H groups in total. The Balaban J connectivity index is 2.23. The molecular formula is C12H13FO3. The Labute approximate surface area is 93.2 Å². The number of methoxy groups -OCH3 is 1. The maximum Gasteiger partial charge on any atom is 0.308 e. The second-order valence-electron chi connectivity index (χ2n) is 3.73. The van der Waals surface area contributed by atoms with Gasteiger partial charge in [0.15, 0.2) is 0 Å². The number of esters is 1. The maximum atomic E-state index is 13.0. The quantitative estimate of drug-likeness (QED) is 0.721. The minimum absolute atomic E-state index is 0.176. The van der Waals surface area contributed by atoms with Gasteiger partial charge in [0.25, 0.3) is 0 Å². The number of carbonyl (C=O) groups excluding carboxylic acids is 1. The van der Waals surface area contributed by atoms with Gasteiger partial charge in [0.05, 0.1) is 26.2 Å². The normalized spacial score (nSPS) is 19.0. The summed E-state index contributed by atoms with van der Waals surface area (Å²) in [4.78, 5) is 11.2. The molecule has 1 heterocycles. The van der Waals surface area contributed by atoms with Crippen LogP contribution in [0.5, 0.6) is 0 Å². The number of benzene rings is 1. The zero-order chi connectivity index (χ0) is 11.5. The minimum atomic E-state index is -0.317. The number of hydrogen-bond acceptors (Lipinski definition) is 3. The first-order chi connectivity index (χ1) is 7.70. The Morgan fingerprint density at radius 2 is 2.44 bits per heavy atom. The average Bonchev–Trinajstić information content (AvgIpc) is 2.28. The van der Waals surface area contributed by atoms with E-state index >= 15 is 0 Å². The van der Waals surface area contributed by atoms with Gasteiger partial charge in [-0.2, -0.15) is 0 Å². The molecule has 1 atom stereocenters. The molecule has 0 saturated carbocycles. The minimum Gasteiger partial charge on any atom is -0.469 e. The highest BCUT2D eigenvalue weighted by atomic mass is 19.1. The van der Waals surface area contributed by atoms with Crippen LogP contribution < -0.4 is 0 Å². The molecule has 0 aromatic heterocycles. The van der Waals surface area contributed by atoms with Crippen molar-refractivity contribution in [1.29, 1.82) is 0 Å². The van der Waals surface area contributed by atoms with Gasteiger partial charge in [-0.15, -0.1) is 0 Å². The van der Waals surface area contributed by atoms with E-state index in [1.165, 1.54) is 19.2 Å². The molecule has 0 aliphatic carbocycles. The van der Waals surface area contributed by atoms with Gasteiger partial charge in [-0.1, -0.05) is 6.07 Å². The summed E-state index contributed by atoms with van der Waals surface area (Å²) in [6.07, 6.45) is 0.552. The van der Waals surface area contributed by atoms with Gasteiger partial charge in [0, 0.05) is 0 Å². The molecule has 3 nitrogen and oxygen atoms in total. The Bertz CT molecular complexity index is 403. The van der Waals surface area contributed by atoms with Crippen LogP contribution >= 0.6 is 0 Å². The number of ether oxygens (including phenoxy) is 2. The van der Waals surface area contributed by atoms with Crippen molar-refractivity contribution in [3.05, 3.63) is 35.1 Å². The molecule has 0 saturated heterocycles. The first kappa shape index (κ1) is 11.1. The monoisotopic (exact) mass is 224 g/mol. The van der Waals surface area contributed by atoms with Crippen molar-refractivity contribution >= 4 is 5.97 Å². The summed E-state index contributed by atoms with van der Waals surface area (Å²) in [5.41, 5.74) is 1.80.